The molecule has 0 spiro atoms. The van der Waals surface area contributed by atoms with Crippen molar-refractivity contribution in [3.63, 3.8) is 0 Å². The number of hydrogen-bond acceptors (Lipinski definition) is 6. The second kappa shape index (κ2) is 6.91. The van der Waals surface area contributed by atoms with Crippen LogP contribution in [0.1, 0.15) is 25.8 Å². The lowest BCUT2D eigenvalue weighted by atomic mass is 10.2. The van der Waals surface area contributed by atoms with Gasteiger partial charge in [0.15, 0.2) is 0 Å². The van der Waals surface area contributed by atoms with Crippen LogP contribution in [0.4, 0.5) is 10.9 Å². The average Bonchev–Trinajstić information content (AvgIpc) is 2.85. The van der Waals surface area contributed by atoms with Gasteiger partial charge < -0.3 is 10.5 Å². The van der Waals surface area contributed by atoms with Crippen molar-refractivity contribution >= 4 is 28.5 Å². The average molecular weight is 290 g/mol. The lowest BCUT2D eigenvalue weighted by Gasteiger charge is -2.12. The van der Waals surface area contributed by atoms with Gasteiger partial charge in [0.05, 0.1) is 12.3 Å². The molecule has 0 aliphatic carbocycles. The Morgan fingerprint density at radius 2 is 2.40 bits per heavy atom. The monoisotopic (exact) mass is 290 g/mol. The van der Waals surface area contributed by atoms with Crippen LogP contribution in [0.5, 0.6) is 5.75 Å². The fourth-order valence-electron chi connectivity index (χ4n) is 1.48. The molecule has 0 saturated carbocycles. The van der Waals surface area contributed by atoms with Gasteiger partial charge in [0.2, 0.25) is 5.13 Å². The molecule has 5 nitrogen and oxygen atoms in total. The van der Waals surface area contributed by atoms with E-state index in [9.17, 15) is 0 Å². The summed E-state index contributed by atoms with van der Waals surface area (Å²) in [6.45, 7) is 4.15. The minimum absolute atomic E-state index is 0.207. The van der Waals surface area contributed by atoms with Gasteiger partial charge in [-0.1, -0.05) is 19.1 Å². The lowest BCUT2D eigenvalue weighted by Crippen LogP contribution is -2.09. The van der Waals surface area contributed by atoms with E-state index in [1.165, 1.54) is 11.3 Å². The highest BCUT2D eigenvalue weighted by Gasteiger charge is 2.01. The van der Waals surface area contributed by atoms with Crippen LogP contribution in [0.15, 0.2) is 34.7 Å². The molecule has 1 atom stereocenters. The zero-order chi connectivity index (χ0) is 14.4. The first kappa shape index (κ1) is 14.3. The highest BCUT2D eigenvalue weighted by Crippen LogP contribution is 2.17. The Morgan fingerprint density at radius 3 is 3.10 bits per heavy atom. The van der Waals surface area contributed by atoms with Crippen LogP contribution in [0, 0.1) is 0 Å². The van der Waals surface area contributed by atoms with Gasteiger partial charge in [-0.2, -0.15) is 5.10 Å². The molecular weight excluding hydrogens is 272 g/mol. The first-order valence-corrected chi connectivity index (χ1v) is 7.32. The van der Waals surface area contributed by atoms with Crippen LogP contribution in [-0.4, -0.2) is 17.3 Å². The number of rotatable bonds is 6. The highest BCUT2D eigenvalue weighted by molar-refractivity contribution is 7.14. The van der Waals surface area contributed by atoms with Crippen molar-refractivity contribution in [3.8, 4) is 5.75 Å². The third kappa shape index (κ3) is 4.24. The van der Waals surface area contributed by atoms with Crippen molar-refractivity contribution in [2.45, 2.75) is 26.4 Å². The van der Waals surface area contributed by atoms with E-state index in [1.807, 2.05) is 24.3 Å². The summed E-state index contributed by atoms with van der Waals surface area (Å²) in [5.41, 5.74) is 9.33. The van der Waals surface area contributed by atoms with Crippen molar-refractivity contribution < 1.29 is 4.74 Å². The number of hydrogen-bond donors (Lipinski definition) is 2. The summed E-state index contributed by atoms with van der Waals surface area (Å²) in [4.78, 5) is 4.06. The minimum atomic E-state index is 0.207. The molecule has 6 heteroatoms. The van der Waals surface area contributed by atoms with Gasteiger partial charge in [0, 0.05) is 5.38 Å². The molecule has 0 fully saturated rings. The molecule has 2 rings (SSSR count). The van der Waals surface area contributed by atoms with Gasteiger partial charge in [-0.05, 0) is 31.0 Å². The molecule has 3 N–H and O–H groups in total. The maximum atomic E-state index is 5.76. The van der Waals surface area contributed by atoms with Crippen molar-refractivity contribution in [2.24, 2.45) is 5.10 Å². The van der Waals surface area contributed by atoms with Gasteiger partial charge in [0.1, 0.15) is 11.6 Å². The number of nitrogens with zero attached hydrogens (tertiary/aromatic N) is 2. The fourth-order valence-corrected chi connectivity index (χ4v) is 2.03. The molecule has 0 saturated heterocycles. The van der Waals surface area contributed by atoms with Crippen LogP contribution in [-0.2, 0) is 0 Å². The third-order valence-electron chi connectivity index (χ3n) is 2.67. The Kier molecular flexibility index (Phi) is 4.95. The van der Waals surface area contributed by atoms with Crippen molar-refractivity contribution in [1.29, 1.82) is 0 Å². The summed E-state index contributed by atoms with van der Waals surface area (Å²) in [7, 11) is 0. The van der Waals surface area contributed by atoms with Gasteiger partial charge in [-0.25, -0.2) is 4.98 Å². The van der Waals surface area contributed by atoms with E-state index in [2.05, 4.69) is 29.4 Å². The Hall–Kier alpha value is -2.08. The Balaban J connectivity index is 1.96. The van der Waals surface area contributed by atoms with E-state index in [1.54, 1.807) is 11.6 Å². The van der Waals surface area contributed by atoms with Gasteiger partial charge in [-0.3, -0.25) is 5.43 Å². The number of nitrogens with two attached hydrogens (primary N) is 1. The van der Waals surface area contributed by atoms with E-state index in [-0.39, 0.29) is 6.10 Å². The number of ether oxygens (including phenoxy) is 1. The SMILES string of the molecule is CCC(C)Oc1cccc(C=NNc2nc(N)cs2)c1. The van der Waals surface area contributed by atoms with Crippen LogP contribution >= 0.6 is 11.3 Å². The van der Waals surface area contributed by atoms with Crippen LogP contribution in [0.3, 0.4) is 0 Å². The van der Waals surface area contributed by atoms with Gasteiger partial charge in [-0.15, -0.1) is 11.3 Å². The molecule has 106 valence electrons. The number of hydrazone groups is 1. The van der Waals surface area contributed by atoms with Gasteiger partial charge in [0.25, 0.3) is 0 Å². The zero-order valence-electron chi connectivity index (χ0n) is 11.5. The second-order valence-electron chi connectivity index (χ2n) is 4.36. The van der Waals surface area contributed by atoms with Crippen molar-refractivity contribution in [3.05, 3.63) is 35.2 Å². The quantitative estimate of drug-likeness (QED) is 0.632. The maximum Gasteiger partial charge on any atom is 0.205 e. The van der Waals surface area contributed by atoms with Gasteiger partial charge >= 0.3 is 0 Å². The number of nitrogens with one attached hydrogen (secondary N) is 1. The van der Waals surface area contributed by atoms with Crippen LogP contribution < -0.4 is 15.9 Å². The Labute approximate surface area is 122 Å². The lowest BCUT2D eigenvalue weighted by molar-refractivity contribution is 0.217. The summed E-state index contributed by atoms with van der Waals surface area (Å²) in [6, 6.07) is 7.80. The molecule has 0 radical (unpaired) electrons. The molecule has 1 aromatic carbocycles. The van der Waals surface area contributed by atoms with Crippen LogP contribution in [0.25, 0.3) is 0 Å². The first-order chi connectivity index (χ1) is 9.67. The zero-order valence-corrected chi connectivity index (χ0v) is 12.4. The molecule has 0 amide bonds. The molecule has 0 aliphatic heterocycles. The maximum absolute atomic E-state index is 5.76. The molecule has 1 heterocycles. The summed E-state index contributed by atoms with van der Waals surface area (Å²) < 4.78 is 5.76. The molecule has 1 aromatic heterocycles. The second-order valence-corrected chi connectivity index (χ2v) is 5.21. The summed E-state index contributed by atoms with van der Waals surface area (Å²) in [5.74, 6) is 1.35. The molecule has 1 unspecified atom stereocenters. The molecule has 20 heavy (non-hydrogen) atoms. The number of nitrogen functional groups attached to an aromatic ring is 1. The number of thiazole rings is 1. The predicted molar refractivity (Wildman–Crippen MR) is 84.6 cm³/mol. The third-order valence-corrected chi connectivity index (χ3v) is 3.43. The largest absolute Gasteiger partial charge is 0.491 e. The summed E-state index contributed by atoms with van der Waals surface area (Å²) in [5, 5.41) is 6.56. The predicted octanol–water partition coefficient (Wildman–Crippen LogP) is 3.35. The Bertz CT molecular complexity index is 582. The van der Waals surface area contributed by atoms with E-state index < -0.39 is 0 Å². The number of aromatic nitrogens is 1. The van der Waals surface area contributed by atoms with E-state index in [0.717, 1.165) is 17.7 Å². The van der Waals surface area contributed by atoms with E-state index in [4.69, 9.17) is 10.5 Å². The molecule has 0 bridgehead atoms. The molecule has 2 aromatic rings. The summed E-state index contributed by atoms with van der Waals surface area (Å²) in [6.07, 6.45) is 2.91. The standard InChI is InChI=1S/C14H18N4OS/c1-3-10(2)19-12-6-4-5-11(7-12)8-16-18-14-17-13(15)9-20-14/h4-10H,3,15H2,1-2H3,(H,17,18). The highest BCUT2D eigenvalue weighted by atomic mass is 32.1. The van der Waals surface area contributed by atoms with E-state index in [0.29, 0.717) is 10.9 Å². The topological polar surface area (TPSA) is 72.5 Å². The minimum Gasteiger partial charge on any atom is -0.491 e. The number of anilines is 2. The first-order valence-electron chi connectivity index (χ1n) is 6.44. The Morgan fingerprint density at radius 1 is 1.55 bits per heavy atom. The van der Waals surface area contributed by atoms with Crippen LogP contribution in [0.2, 0.25) is 0 Å². The normalized spacial score (nSPS) is 12.5. The molecular formula is C14H18N4OS. The molecule has 0 aliphatic rings. The van der Waals surface area contributed by atoms with Crippen molar-refractivity contribution in [1.82, 2.24) is 4.98 Å². The number of benzene rings is 1. The fraction of sp³-hybridized carbons (Fsp3) is 0.286. The summed E-state index contributed by atoms with van der Waals surface area (Å²) >= 11 is 1.41. The smallest absolute Gasteiger partial charge is 0.205 e. The van der Waals surface area contributed by atoms with Crippen molar-refractivity contribution in [2.75, 3.05) is 11.2 Å². The van der Waals surface area contributed by atoms with E-state index >= 15 is 0 Å².